The summed E-state index contributed by atoms with van der Waals surface area (Å²) in [7, 11) is 0. The van der Waals surface area contributed by atoms with Crippen molar-refractivity contribution in [3.05, 3.63) is 59.7 Å². The number of hydrogen-bond donors (Lipinski definition) is 1. The predicted molar refractivity (Wildman–Crippen MR) is 65.6 cm³/mol. The highest BCUT2D eigenvalue weighted by atomic mass is 14.9. The van der Waals surface area contributed by atoms with Crippen LogP contribution in [0.1, 0.15) is 11.1 Å². The van der Waals surface area contributed by atoms with Crippen LogP contribution in [-0.4, -0.2) is 0 Å². The summed E-state index contributed by atoms with van der Waals surface area (Å²) in [6.07, 6.45) is 0. The highest BCUT2D eigenvalue weighted by molar-refractivity contribution is 5.72. The van der Waals surface area contributed by atoms with Gasteiger partial charge in [0.05, 0.1) is 16.8 Å². The van der Waals surface area contributed by atoms with Gasteiger partial charge in [-0.15, -0.1) is 0 Å². The molecule has 0 atom stereocenters. The molecule has 17 heavy (non-hydrogen) atoms. The maximum atomic E-state index is 9.02. The zero-order valence-corrected chi connectivity index (χ0v) is 9.01. The third-order valence-electron chi connectivity index (χ3n) is 2.35. The fourth-order valence-corrected chi connectivity index (χ4v) is 1.54. The smallest absolute Gasteiger partial charge is 0.101 e. The molecule has 0 aliphatic heterocycles. The first kappa shape index (κ1) is 10.7. The predicted octanol–water partition coefficient (Wildman–Crippen LogP) is 3.17. The second-order valence-electron chi connectivity index (χ2n) is 3.44. The monoisotopic (exact) mass is 219 g/mol. The van der Waals surface area contributed by atoms with Gasteiger partial charge in [0.1, 0.15) is 12.1 Å². The largest absolute Gasteiger partial charge is 0.353 e. The molecule has 0 spiro atoms. The van der Waals surface area contributed by atoms with E-state index >= 15 is 0 Å². The maximum Gasteiger partial charge on any atom is 0.101 e. The van der Waals surface area contributed by atoms with E-state index < -0.39 is 0 Å². The van der Waals surface area contributed by atoms with Gasteiger partial charge >= 0.3 is 0 Å². The molecule has 0 fully saturated rings. The number of nitrogens with zero attached hydrogens (tertiary/aromatic N) is 2. The van der Waals surface area contributed by atoms with Gasteiger partial charge in [-0.05, 0) is 24.3 Å². The highest BCUT2D eigenvalue weighted by Gasteiger charge is 2.07. The Balaban J connectivity index is 2.46. The molecule has 0 aromatic heterocycles. The molecular formula is C14H9N3. The lowest BCUT2D eigenvalue weighted by molar-refractivity contribution is 1.42. The van der Waals surface area contributed by atoms with Crippen LogP contribution < -0.4 is 5.32 Å². The number of rotatable bonds is 2. The number of nitrogens with one attached hydrogen (secondary N) is 1. The zero-order chi connectivity index (χ0) is 12.1. The van der Waals surface area contributed by atoms with Gasteiger partial charge in [-0.25, -0.2) is 0 Å². The quantitative estimate of drug-likeness (QED) is 0.843. The molecule has 0 amide bonds. The van der Waals surface area contributed by atoms with Crippen molar-refractivity contribution < 1.29 is 0 Å². The van der Waals surface area contributed by atoms with E-state index in [-0.39, 0.29) is 0 Å². The Hall–Kier alpha value is -2.78. The van der Waals surface area contributed by atoms with Crippen LogP contribution in [0.15, 0.2) is 48.5 Å². The molecule has 0 aliphatic carbocycles. The topological polar surface area (TPSA) is 59.6 Å². The van der Waals surface area contributed by atoms with Crippen LogP contribution in [0.3, 0.4) is 0 Å². The average Bonchev–Trinajstić information content (AvgIpc) is 2.40. The molecule has 0 aliphatic rings. The summed E-state index contributed by atoms with van der Waals surface area (Å²) in [5, 5.41) is 21.1. The van der Waals surface area contributed by atoms with Gasteiger partial charge in [-0.3, -0.25) is 0 Å². The van der Waals surface area contributed by atoms with Crippen molar-refractivity contribution in [1.29, 1.82) is 10.5 Å². The minimum atomic E-state index is 0.466. The van der Waals surface area contributed by atoms with Gasteiger partial charge in [-0.2, -0.15) is 10.5 Å². The van der Waals surface area contributed by atoms with Gasteiger partial charge in [0.25, 0.3) is 0 Å². The van der Waals surface area contributed by atoms with E-state index in [1.807, 2.05) is 30.3 Å². The van der Waals surface area contributed by atoms with Crippen LogP contribution in [0.5, 0.6) is 0 Å². The Labute approximate surface area is 99.6 Å². The molecule has 0 bridgehead atoms. The molecular weight excluding hydrogens is 210 g/mol. The average molecular weight is 219 g/mol. The SMILES string of the molecule is N#Cc1cccc(C#N)c1Nc1ccccc1. The summed E-state index contributed by atoms with van der Waals surface area (Å²) in [6, 6.07) is 18.7. The van der Waals surface area contributed by atoms with Crippen LogP contribution in [-0.2, 0) is 0 Å². The molecule has 3 nitrogen and oxygen atoms in total. The van der Waals surface area contributed by atoms with Gasteiger partial charge in [0, 0.05) is 5.69 Å². The molecule has 0 radical (unpaired) electrons. The van der Waals surface area contributed by atoms with E-state index in [1.165, 1.54) is 0 Å². The molecule has 80 valence electrons. The van der Waals surface area contributed by atoms with Crippen molar-refractivity contribution >= 4 is 11.4 Å². The normalized spacial score (nSPS) is 9.06. The van der Waals surface area contributed by atoms with Crippen LogP contribution >= 0.6 is 0 Å². The van der Waals surface area contributed by atoms with Crippen molar-refractivity contribution in [2.45, 2.75) is 0 Å². The Morgan fingerprint density at radius 2 is 1.35 bits per heavy atom. The first-order valence-electron chi connectivity index (χ1n) is 5.10. The fraction of sp³-hybridized carbons (Fsp3) is 0. The van der Waals surface area contributed by atoms with Crippen molar-refractivity contribution in [3.63, 3.8) is 0 Å². The van der Waals surface area contributed by atoms with Crippen LogP contribution in [0.25, 0.3) is 0 Å². The summed E-state index contributed by atoms with van der Waals surface area (Å²) < 4.78 is 0. The lowest BCUT2D eigenvalue weighted by Crippen LogP contribution is -1.96. The highest BCUT2D eigenvalue weighted by Crippen LogP contribution is 2.24. The summed E-state index contributed by atoms with van der Waals surface area (Å²) in [5.41, 5.74) is 2.34. The van der Waals surface area contributed by atoms with E-state index in [9.17, 15) is 0 Å². The first-order chi connectivity index (χ1) is 8.35. The van der Waals surface area contributed by atoms with Gasteiger partial charge in [0.2, 0.25) is 0 Å². The Bertz CT molecular complexity index is 571. The molecule has 0 saturated carbocycles. The lowest BCUT2D eigenvalue weighted by Gasteiger charge is -2.09. The van der Waals surface area contributed by atoms with Crippen LogP contribution in [0, 0.1) is 22.7 Å². The summed E-state index contributed by atoms with van der Waals surface area (Å²) in [5.74, 6) is 0. The molecule has 2 aromatic rings. The minimum absolute atomic E-state index is 0.466. The third-order valence-corrected chi connectivity index (χ3v) is 2.35. The Morgan fingerprint density at radius 3 is 1.88 bits per heavy atom. The molecule has 3 heteroatoms. The fourth-order valence-electron chi connectivity index (χ4n) is 1.54. The molecule has 0 unspecified atom stereocenters. The van der Waals surface area contributed by atoms with Crippen LogP contribution in [0.2, 0.25) is 0 Å². The lowest BCUT2D eigenvalue weighted by atomic mass is 10.1. The van der Waals surface area contributed by atoms with Crippen molar-refractivity contribution in [3.8, 4) is 12.1 Å². The second kappa shape index (κ2) is 4.83. The number of anilines is 2. The number of hydrogen-bond acceptors (Lipinski definition) is 3. The molecule has 2 aromatic carbocycles. The van der Waals surface area contributed by atoms with E-state index in [0.29, 0.717) is 16.8 Å². The number of para-hydroxylation sites is 2. The van der Waals surface area contributed by atoms with E-state index in [1.54, 1.807) is 18.2 Å². The van der Waals surface area contributed by atoms with Crippen molar-refractivity contribution in [2.24, 2.45) is 0 Å². The Kier molecular flexibility index (Phi) is 3.05. The molecule has 2 rings (SSSR count). The van der Waals surface area contributed by atoms with E-state index in [0.717, 1.165) is 5.69 Å². The zero-order valence-electron chi connectivity index (χ0n) is 9.01. The standard InChI is InChI=1S/C14H9N3/c15-9-11-5-4-6-12(10-16)14(11)17-13-7-2-1-3-8-13/h1-8,17H. The minimum Gasteiger partial charge on any atom is -0.353 e. The van der Waals surface area contributed by atoms with Crippen molar-refractivity contribution in [1.82, 2.24) is 0 Å². The maximum absolute atomic E-state index is 9.02. The number of benzene rings is 2. The molecule has 0 saturated heterocycles. The van der Waals surface area contributed by atoms with E-state index in [2.05, 4.69) is 17.5 Å². The van der Waals surface area contributed by atoms with Gasteiger partial charge in [-0.1, -0.05) is 24.3 Å². The second-order valence-corrected chi connectivity index (χ2v) is 3.44. The van der Waals surface area contributed by atoms with Gasteiger partial charge < -0.3 is 5.32 Å². The summed E-state index contributed by atoms with van der Waals surface area (Å²) >= 11 is 0. The van der Waals surface area contributed by atoms with E-state index in [4.69, 9.17) is 10.5 Å². The first-order valence-corrected chi connectivity index (χ1v) is 5.10. The summed E-state index contributed by atoms with van der Waals surface area (Å²) in [4.78, 5) is 0. The third kappa shape index (κ3) is 2.25. The summed E-state index contributed by atoms with van der Waals surface area (Å²) in [6.45, 7) is 0. The van der Waals surface area contributed by atoms with Crippen molar-refractivity contribution in [2.75, 3.05) is 5.32 Å². The van der Waals surface area contributed by atoms with Crippen LogP contribution in [0.4, 0.5) is 11.4 Å². The Morgan fingerprint density at radius 1 is 0.765 bits per heavy atom. The molecule has 0 heterocycles. The van der Waals surface area contributed by atoms with Gasteiger partial charge in [0.15, 0.2) is 0 Å². The molecule has 1 N–H and O–H groups in total. The number of nitriles is 2.